The van der Waals surface area contributed by atoms with Crippen LogP contribution < -0.4 is 5.32 Å². The minimum absolute atomic E-state index is 0.0208. The highest BCUT2D eigenvalue weighted by molar-refractivity contribution is 7.84. The van der Waals surface area contributed by atoms with E-state index in [2.05, 4.69) is 10.3 Å². The van der Waals surface area contributed by atoms with Gasteiger partial charge in [-0.25, -0.2) is 4.98 Å². The van der Waals surface area contributed by atoms with Crippen molar-refractivity contribution in [2.75, 3.05) is 11.6 Å². The summed E-state index contributed by atoms with van der Waals surface area (Å²) in [6, 6.07) is 8.27. The molecule has 2 aromatic rings. The average molecular weight is 342 g/mol. The molecule has 0 bridgehead atoms. The van der Waals surface area contributed by atoms with Crippen LogP contribution in [0.15, 0.2) is 41.3 Å². The molecule has 1 aromatic carbocycles. The van der Waals surface area contributed by atoms with E-state index in [4.69, 9.17) is 0 Å². The summed E-state index contributed by atoms with van der Waals surface area (Å²) < 4.78 is 49.1. The molecule has 1 atom stereocenters. The molecule has 0 radical (unpaired) electrons. The summed E-state index contributed by atoms with van der Waals surface area (Å²) in [5.74, 6) is -0.581. The van der Waals surface area contributed by atoms with Crippen molar-refractivity contribution in [2.24, 2.45) is 0 Å². The van der Waals surface area contributed by atoms with Gasteiger partial charge in [0.05, 0.1) is 11.3 Å². The molecule has 0 aliphatic heterocycles. The Bertz CT molecular complexity index is 776. The van der Waals surface area contributed by atoms with Crippen molar-refractivity contribution in [3.05, 3.63) is 53.3 Å². The van der Waals surface area contributed by atoms with E-state index >= 15 is 0 Å². The van der Waals surface area contributed by atoms with Gasteiger partial charge in [-0.2, -0.15) is 13.2 Å². The smallest absolute Gasteiger partial charge is 0.322 e. The van der Waals surface area contributed by atoms with Gasteiger partial charge >= 0.3 is 6.18 Å². The number of pyridine rings is 1. The number of halogens is 3. The molecular formula is C15H13F3N2O2S. The van der Waals surface area contributed by atoms with Crippen molar-refractivity contribution >= 4 is 22.4 Å². The van der Waals surface area contributed by atoms with Crippen LogP contribution in [-0.2, 0) is 17.0 Å². The summed E-state index contributed by atoms with van der Waals surface area (Å²) in [6.07, 6.45) is -3.05. The normalized spacial score (nSPS) is 12.7. The van der Waals surface area contributed by atoms with Gasteiger partial charge in [-0.05, 0) is 37.3 Å². The third kappa shape index (κ3) is 4.16. The number of hydrogen-bond donors (Lipinski definition) is 1. The van der Waals surface area contributed by atoms with Crippen molar-refractivity contribution in [3.63, 3.8) is 0 Å². The molecule has 0 aliphatic carbocycles. The van der Waals surface area contributed by atoms with Crippen LogP contribution in [0.1, 0.15) is 21.7 Å². The van der Waals surface area contributed by atoms with Gasteiger partial charge in [-0.3, -0.25) is 9.00 Å². The molecule has 0 aliphatic rings. The third-order valence-electron chi connectivity index (χ3n) is 3.04. The highest BCUT2D eigenvalue weighted by atomic mass is 32.2. The van der Waals surface area contributed by atoms with Gasteiger partial charge in [0.1, 0.15) is 5.69 Å². The molecule has 1 amide bonds. The number of carbonyl (C=O) groups excluding carboxylic acids is 1. The van der Waals surface area contributed by atoms with Crippen molar-refractivity contribution < 1.29 is 22.2 Å². The Morgan fingerprint density at radius 3 is 2.48 bits per heavy atom. The predicted octanol–water partition coefficient (Wildman–Crippen LogP) is 3.40. The van der Waals surface area contributed by atoms with Gasteiger partial charge in [0, 0.05) is 27.6 Å². The Kier molecular flexibility index (Phi) is 4.84. The molecule has 1 aromatic heterocycles. The van der Waals surface area contributed by atoms with Crippen LogP contribution in [-0.4, -0.2) is 21.4 Å². The number of hydrogen-bond acceptors (Lipinski definition) is 3. The Hall–Kier alpha value is -2.22. The molecule has 1 heterocycles. The number of nitrogens with zero attached hydrogens (tertiary/aromatic N) is 1. The Balaban J connectivity index is 2.24. The average Bonchev–Trinajstić information content (AvgIpc) is 2.46. The fraction of sp³-hybridized carbons (Fsp3) is 0.200. The van der Waals surface area contributed by atoms with Gasteiger partial charge in [0.15, 0.2) is 0 Å². The quantitative estimate of drug-likeness (QED) is 0.930. The molecule has 2 rings (SSSR count). The number of nitrogens with one attached hydrogen (secondary N) is 1. The topological polar surface area (TPSA) is 59.1 Å². The molecular weight excluding hydrogens is 329 g/mol. The number of carbonyl (C=O) groups is 1. The second kappa shape index (κ2) is 6.49. The molecule has 0 unspecified atom stereocenters. The maximum atomic E-state index is 12.6. The first kappa shape index (κ1) is 17.1. The Morgan fingerprint density at radius 2 is 1.91 bits per heavy atom. The van der Waals surface area contributed by atoms with Crippen LogP contribution in [0.5, 0.6) is 0 Å². The molecule has 122 valence electrons. The number of rotatable bonds is 3. The SMILES string of the molecule is Cc1nc(C(F)(F)F)ccc1C(=O)Nc1cccc([S@](C)=O)c1. The van der Waals surface area contributed by atoms with E-state index in [1.807, 2.05) is 0 Å². The van der Waals surface area contributed by atoms with Gasteiger partial charge in [-0.15, -0.1) is 0 Å². The van der Waals surface area contributed by atoms with E-state index < -0.39 is 28.6 Å². The van der Waals surface area contributed by atoms with Gasteiger partial charge in [0.25, 0.3) is 5.91 Å². The van der Waals surface area contributed by atoms with E-state index in [9.17, 15) is 22.2 Å². The fourth-order valence-electron chi connectivity index (χ4n) is 1.91. The second-order valence-electron chi connectivity index (χ2n) is 4.76. The lowest BCUT2D eigenvalue weighted by Gasteiger charge is -2.11. The summed E-state index contributed by atoms with van der Waals surface area (Å²) in [5.41, 5.74) is -0.620. The van der Waals surface area contributed by atoms with Crippen molar-refractivity contribution in [2.45, 2.75) is 18.0 Å². The fourth-order valence-corrected chi connectivity index (χ4v) is 2.47. The second-order valence-corrected chi connectivity index (χ2v) is 6.14. The van der Waals surface area contributed by atoms with Crippen molar-refractivity contribution in [1.82, 2.24) is 4.98 Å². The summed E-state index contributed by atoms with van der Waals surface area (Å²) in [7, 11) is -1.20. The Labute approximate surface area is 133 Å². The highest BCUT2D eigenvalue weighted by Gasteiger charge is 2.33. The summed E-state index contributed by atoms with van der Waals surface area (Å²) in [5, 5.41) is 2.56. The lowest BCUT2D eigenvalue weighted by molar-refractivity contribution is -0.141. The van der Waals surface area contributed by atoms with Crippen LogP contribution in [0, 0.1) is 6.92 Å². The van der Waals surface area contributed by atoms with Crippen LogP contribution in [0.25, 0.3) is 0 Å². The zero-order valence-corrected chi connectivity index (χ0v) is 13.1. The van der Waals surface area contributed by atoms with Crippen molar-refractivity contribution in [3.8, 4) is 0 Å². The lowest BCUT2D eigenvalue weighted by Crippen LogP contribution is -2.16. The monoisotopic (exact) mass is 342 g/mol. The number of benzene rings is 1. The summed E-state index contributed by atoms with van der Waals surface area (Å²) >= 11 is 0. The number of anilines is 1. The molecule has 0 fully saturated rings. The molecule has 0 spiro atoms. The van der Waals surface area contributed by atoms with Crippen molar-refractivity contribution in [1.29, 1.82) is 0 Å². The molecule has 4 nitrogen and oxygen atoms in total. The van der Waals surface area contributed by atoms with E-state index in [1.54, 1.807) is 24.3 Å². The first-order chi connectivity index (χ1) is 10.7. The minimum Gasteiger partial charge on any atom is -0.322 e. The summed E-state index contributed by atoms with van der Waals surface area (Å²) in [6.45, 7) is 1.33. The molecule has 0 saturated carbocycles. The standard InChI is InChI=1S/C15H13F3N2O2S/c1-9-12(6-7-13(19-9)15(16,17)18)14(21)20-10-4-3-5-11(8-10)23(2)22/h3-8H,1-2H3,(H,20,21)/t23-/m0/s1. The van der Waals surface area contributed by atoms with Crippen LogP contribution in [0.2, 0.25) is 0 Å². The number of alkyl halides is 3. The van der Waals surface area contributed by atoms with Gasteiger partial charge in [-0.1, -0.05) is 6.07 Å². The maximum absolute atomic E-state index is 12.6. The van der Waals surface area contributed by atoms with Crippen LogP contribution in [0.4, 0.5) is 18.9 Å². The Morgan fingerprint density at radius 1 is 1.22 bits per heavy atom. The molecule has 1 N–H and O–H groups in total. The zero-order valence-electron chi connectivity index (χ0n) is 12.3. The maximum Gasteiger partial charge on any atom is 0.433 e. The number of aryl methyl sites for hydroxylation is 1. The van der Waals surface area contributed by atoms with Gasteiger partial charge < -0.3 is 5.32 Å². The van der Waals surface area contributed by atoms with E-state index in [0.29, 0.717) is 10.6 Å². The van der Waals surface area contributed by atoms with Gasteiger partial charge in [0.2, 0.25) is 0 Å². The molecule has 8 heteroatoms. The number of aromatic nitrogens is 1. The first-order valence-electron chi connectivity index (χ1n) is 6.48. The largest absolute Gasteiger partial charge is 0.433 e. The first-order valence-corrected chi connectivity index (χ1v) is 8.04. The summed E-state index contributed by atoms with van der Waals surface area (Å²) in [4.78, 5) is 16.1. The minimum atomic E-state index is -4.56. The van der Waals surface area contributed by atoms with E-state index in [-0.39, 0.29) is 11.3 Å². The molecule has 0 saturated heterocycles. The zero-order chi connectivity index (χ0) is 17.2. The van der Waals surface area contributed by atoms with E-state index in [0.717, 1.165) is 12.1 Å². The number of amides is 1. The predicted molar refractivity (Wildman–Crippen MR) is 80.7 cm³/mol. The highest BCUT2D eigenvalue weighted by Crippen LogP contribution is 2.28. The molecule has 23 heavy (non-hydrogen) atoms. The third-order valence-corrected chi connectivity index (χ3v) is 3.96. The van der Waals surface area contributed by atoms with E-state index in [1.165, 1.54) is 13.2 Å². The van der Waals surface area contributed by atoms with Crippen LogP contribution in [0.3, 0.4) is 0 Å². The van der Waals surface area contributed by atoms with Crippen LogP contribution >= 0.6 is 0 Å². The lowest BCUT2D eigenvalue weighted by atomic mass is 10.1.